The number of aromatic hydroxyl groups is 1. The smallest absolute Gasteiger partial charge is 0.255 e. The molecular formula is C99H130N16O25. The van der Waals surface area contributed by atoms with Crippen LogP contribution in [0.3, 0.4) is 0 Å². The Kier molecular flexibility index (Phi) is 44.3. The van der Waals surface area contributed by atoms with Gasteiger partial charge in [-0.1, -0.05) is 93.5 Å². The van der Waals surface area contributed by atoms with E-state index in [2.05, 4.69) is 71.1 Å². The number of phenolic OH excluding ortho intramolecular Hbond substituents is 1. The van der Waals surface area contributed by atoms with E-state index in [0.717, 1.165) is 5.39 Å². The molecule has 0 atom stereocenters. The predicted octanol–water partition coefficient (Wildman–Crippen LogP) is 11.9. The largest absolute Gasteiger partial charge is 0.504 e. The molecule has 0 radical (unpaired) electrons. The number of hydrogen-bond acceptors (Lipinski definition) is 33. The highest BCUT2D eigenvalue weighted by molar-refractivity contribution is 6.12. The van der Waals surface area contributed by atoms with Crippen LogP contribution < -0.4 is 20.1 Å². The van der Waals surface area contributed by atoms with Crippen molar-refractivity contribution < 1.29 is 120 Å². The van der Waals surface area contributed by atoms with Gasteiger partial charge in [0.25, 0.3) is 11.8 Å². The van der Waals surface area contributed by atoms with E-state index >= 15 is 0 Å². The molecule has 10 heterocycles. The van der Waals surface area contributed by atoms with Gasteiger partial charge < -0.3 is 112 Å². The first-order chi connectivity index (χ1) is 67.0. The summed E-state index contributed by atoms with van der Waals surface area (Å²) in [5.41, 5.74) is 5.01. The number of aliphatic hydroxyl groups is 1. The van der Waals surface area contributed by atoms with Crippen molar-refractivity contribution in [3.05, 3.63) is 185 Å². The van der Waals surface area contributed by atoms with Gasteiger partial charge >= 0.3 is 0 Å². The van der Waals surface area contributed by atoms with Crippen molar-refractivity contribution in [2.24, 2.45) is 21.7 Å². The van der Waals surface area contributed by atoms with Gasteiger partial charge in [-0.05, 0) is 91.0 Å². The number of anilines is 2. The molecule has 0 bridgehead atoms. The molecule has 41 nitrogen and oxygen atoms in total. The van der Waals surface area contributed by atoms with Crippen molar-refractivity contribution in [3.63, 3.8) is 0 Å². The number of amides is 2. The summed E-state index contributed by atoms with van der Waals surface area (Å²) in [5, 5.41) is 43.1. The number of nitrogens with one attached hydrogen (secondary N) is 6. The summed E-state index contributed by atoms with van der Waals surface area (Å²) in [6.07, 6.45) is 9.11. The van der Waals surface area contributed by atoms with Crippen LogP contribution in [-0.2, 0) is 74.7 Å². The second-order valence-electron chi connectivity index (χ2n) is 35.7. The molecule has 8 N–H and O–H groups in total. The Balaban J connectivity index is 0.000000210. The van der Waals surface area contributed by atoms with Crippen LogP contribution in [0.15, 0.2) is 128 Å². The molecule has 2 amide bonds. The molecule has 0 spiro atoms. The predicted molar refractivity (Wildman–Crippen MR) is 519 cm³/mol. The van der Waals surface area contributed by atoms with Crippen molar-refractivity contribution in [1.82, 2.24) is 69.9 Å². The molecule has 756 valence electrons. The number of aliphatic hydroxyl groups excluding tert-OH is 1. The third kappa shape index (κ3) is 36.2. The van der Waals surface area contributed by atoms with E-state index in [1.165, 1.54) is 41.5 Å². The molecule has 0 fully saturated rings. The first kappa shape index (κ1) is 111. The second kappa shape index (κ2) is 55.9. The van der Waals surface area contributed by atoms with Gasteiger partial charge in [-0.3, -0.25) is 38.4 Å². The molecule has 140 heavy (non-hydrogen) atoms. The lowest BCUT2D eigenvalue weighted by Crippen LogP contribution is -2.20. The molecule has 0 saturated heterocycles. The van der Waals surface area contributed by atoms with Gasteiger partial charge in [0, 0.05) is 99.2 Å². The Labute approximate surface area is 811 Å². The zero-order valence-corrected chi connectivity index (χ0v) is 82.2. The topological polar surface area (TPSA) is 516 Å². The number of methoxy groups -OCH3 is 3. The second-order valence-corrected chi connectivity index (χ2v) is 35.7. The summed E-state index contributed by atoms with van der Waals surface area (Å²) in [6, 6.07) is 25.0. The molecule has 0 aliphatic heterocycles. The molecule has 2 aromatic carbocycles. The van der Waals surface area contributed by atoms with Gasteiger partial charge in [-0.2, -0.15) is 0 Å². The minimum Gasteiger partial charge on any atom is -0.504 e. The number of fused-ring (bicyclic) bond motifs is 4. The number of rotatable bonds is 55. The summed E-state index contributed by atoms with van der Waals surface area (Å²) in [7, 11) is 4.88. The number of nitrogens with zero attached hydrogens (tertiary/aromatic N) is 10. The van der Waals surface area contributed by atoms with E-state index in [1.807, 2.05) is 83.1 Å². The van der Waals surface area contributed by atoms with Crippen LogP contribution in [0.25, 0.3) is 44.1 Å². The Bertz CT molecular complexity index is 5950. The average molecular weight is 1940 g/mol. The molecule has 0 unspecified atom stereocenters. The third-order valence-electron chi connectivity index (χ3n) is 20.2. The Morgan fingerprint density at radius 2 is 0.636 bits per heavy atom. The summed E-state index contributed by atoms with van der Waals surface area (Å²) in [5.74, 6) is -0.623. The van der Waals surface area contributed by atoms with E-state index in [0.29, 0.717) is 259 Å². The molecule has 0 aliphatic carbocycles. The molecule has 0 saturated carbocycles. The van der Waals surface area contributed by atoms with Crippen molar-refractivity contribution in [3.8, 4) is 17.2 Å². The molecule has 10 aromatic heterocycles. The van der Waals surface area contributed by atoms with E-state index in [1.54, 1.807) is 117 Å². The molecule has 41 heteroatoms. The monoisotopic (exact) mass is 1940 g/mol. The van der Waals surface area contributed by atoms with Crippen LogP contribution >= 0.6 is 0 Å². The number of carbonyl (C=O) groups is 8. The number of aromatic amines is 4. The first-order valence-corrected chi connectivity index (χ1v) is 45.8. The lowest BCUT2D eigenvalue weighted by atomic mass is 9.89. The highest BCUT2D eigenvalue weighted by Crippen LogP contribution is 2.32. The van der Waals surface area contributed by atoms with Crippen LogP contribution in [0.1, 0.15) is 178 Å². The molecule has 12 aromatic rings. The Morgan fingerprint density at radius 3 is 0.979 bits per heavy atom. The maximum atomic E-state index is 12.9. The minimum atomic E-state index is -0.531. The van der Waals surface area contributed by atoms with Crippen LogP contribution in [0, 0.1) is 21.7 Å². The van der Waals surface area contributed by atoms with Crippen LogP contribution in [0.4, 0.5) is 11.4 Å². The average Bonchev–Trinajstić information content (AvgIpc) is 1.66. The summed E-state index contributed by atoms with van der Waals surface area (Å²) in [4.78, 5) is 130. The van der Waals surface area contributed by atoms with Crippen molar-refractivity contribution in [2.75, 3.05) is 204 Å². The summed E-state index contributed by atoms with van der Waals surface area (Å²) >= 11 is 0. The standard InChI is InChI=1S/C28H37N3O8.C28H37N3O7.C24H33N5O6.C19H23N5O4/c1-28(2,3)25(33)22-16-20-15-21(18-29-26(20)31-22)30-27(34)19-5-6-23(32)24(17-19)39-14-13-38-12-11-37-10-9-36-8-7-35-4;1-28(2,3)25(32)24-18-21-17-22(19-29-26(21)31-24)30-27(33)20-5-7-23(8-6-20)38-16-15-37-14-13-36-12-11-35-10-9-34-4;1-24(2,3)22(31)19-14-17-13-18(15-25-23(17)26-19)21(30)20-16-29(28-27-20)5-6-33-9-10-35-12-11-34-8-7-32-4;1-19(2,3)17(27)14-9-12-8-13(10-20-18(12)21-14)16(26)15-11-24(23-22-15)4-6-28-7-5-25/h5-6,15-18,32H,7-14H2,1-4H3,(H,29,31)(H,30,34);5-8,17-19H,9-16H2,1-4H3,(H,29,31)(H,30,33);13-16H,5-12H2,1-4H3,(H,25,26);8-11,25H,4-7H2,1-3H3,(H,20,21). The van der Waals surface area contributed by atoms with Gasteiger partial charge in [-0.25, -0.2) is 29.3 Å². The van der Waals surface area contributed by atoms with Crippen molar-refractivity contribution >= 4 is 102 Å². The number of pyridine rings is 4. The number of hydrogen-bond donors (Lipinski definition) is 8. The van der Waals surface area contributed by atoms with E-state index in [9.17, 15) is 43.5 Å². The number of aromatic nitrogens is 14. The van der Waals surface area contributed by atoms with Crippen LogP contribution in [-0.4, -0.2) is 320 Å². The number of phenols is 1. The number of H-pyrrole nitrogens is 4. The number of Topliss-reactive ketones (excluding diaryl/α,β-unsaturated/α-hetero) is 4. The van der Waals surface area contributed by atoms with Crippen LogP contribution in [0.2, 0.25) is 0 Å². The molecule has 12 rings (SSSR count). The Hall–Kier alpha value is -12.7. The number of carbonyl (C=O) groups excluding carboxylic acids is 8. The highest BCUT2D eigenvalue weighted by Gasteiger charge is 2.30. The number of ether oxygens (including phenoxy) is 15. The normalized spacial score (nSPS) is 11.7. The van der Waals surface area contributed by atoms with Crippen molar-refractivity contribution in [2.45, 2.75) is 96.2 Å². The van der Waals surface area contributed by atoms with E-state index in [-0.39, 0.29) is 89.9 Å². The fourth-order valence-electron chi connectivity index (χ4n) is 12.7. The number of benzene rings is 2. The van der Waals surface area contributed by atoms with Crippen LogP contribution in [0.5, 0.6) is 17.2 Å². The zero-order chi connectivity index (χ0) is 101. The number of ketones is 6. The van der Waals surface area contributed by atoms with E-state index < -0.39 is 27.6 Å². The lowest BCUT2D eigenvalue weighted by Gasteiger charge is -2.14. The van der Waals surface area contributed by atoms with Gasteiger partial charge in [0.15, 0.2) is 46.0 Å². The van der Waals surface area contributed by atoms with Crippen molar-refractivity contribution in [1.29, 1.82) is 0 Å². The van der Waals surface area contributed by atoms with E-state index in [4.69, 9.17) is 76.2 Å². The van der Waals surface area contributed by atoms with Gasteiger partial charge in [0.1, 0.15) is 41.6 Å². The quantitative estimate of drug-likeness (QED) is 0.0130. The van der Waals surface area contributed by atoms with Gasteiger partial charge in [0.05, 0.1) is 231 Å². The SMILES string of the molecule is CC(C)(C)C(=O)c1cc2cc(C(=O)c3cn(CCOCCO)nn3)cnc2[nH]1.COCCOCCOCCOCCOc1cc(C(=O)Nc2cnc3[nH]c(C(=O)C(C)(C)C)cc3c2)ccc1O.COCCOCCOCCOCCOc1ccc(C(=O)Nc2cnc3[nH]c(C(=O)C(C)(C)C)cc3c2)cc1.COCCOCCOCCOCCn1cc(C(=O)c2cnc3[nH]c(C(=O)C(C)(C)C)cc3c2)nn1. The third-order valence-corrected chi connectivity index (χ3v) is 20.2. The molecular weight excluding hydrogens is 1810 g/mol. The zero-order valence-electron chi connectivity index (χ0n) is 82.2. The maximum absolute atomic E-state index is 12.9. The van der Waals surface area contributed by atoms with Gasteiger partial charge in [-0.15, -0.1) is 10.2 Å². The maximum Gasteiger partial charge on any atom is 0.255 e. The minimum absolute atomic E-state index is 0.000415. The fraction of sp³-hybridized carbons (Fsp3) is 0.475. The summed E-state index contributed by atoms with van der Waals surface area (Å²) in [6.45, 7) is 34.4. The first-order valence-electron chi connectivity index (χ1n) is 45.8. The summed E-state index contributed by atoms with van der Waals surface area (Å²) < 4.78 is 82.8. The van der Waals surface area contributed by atoms with Gasteiger partial charge in [0.2, 0.25) is 11.6 Å². The molecule has 0 aliphatic rings. The Morgan fingerprint density at radius 1 is 0.336 bits per heavy atom. The fourth-order valence-corrected chi connectivity index (χ4v) is 12.7. The highest BCUT2D eigenvalue weighted by atomic mass is 16.6. The lowest BCUT2D eigenvalue weighted by molar-refractivity contribution is 0.0000838.